The molecule has 0 unspecified atom stereocenters. The van der Waals surface area contributed by atoms with Crippen molar-refractivity contribution < 1.29 is 0 Å². The van der Waals surface area contributed by atoms with Gasteiger partial charge in [0.1, 0.15) is 5.82 Å². The molecule has 0 bridgehead atoms. The Bertz CT molecular complexity index is 664. The van der Waals surface area contributed by atoms with Crippen LogP contribution in [0.15, 0.2) is 35.1 Å². The van der Waals surface area contributed by atoms with Gasteiger partial charge in [0.15, 0.2) is 0 Å². The molecular formula is C18H22N2O. The van der Waals surface area contributed by atoms with Crippen LogP contribution in [0.2, 0.25) is 0 Å². The van der Waals surface area contributed by atoms with Crippen molar-refractivity contribution >= 4 is 0 Å². The van der Waals surface area contributed by atoms with E-state index in [1.165, 1.54) is 18.4 Å². The highest BCUT2D eigenvalue weighted by atomic mass is 16.1. The zero-order valence-corrected chi connectivity index (χ0v) is 12.7. The molecule has 1 heterocycles. The molecule has 1 aromatic heterocycles. The van der Waals surface area contributed by atoms with Gasteiger partial charge < -0.3 is 4.98 Å². The molecule has 0 amide bonds. The van der Waals surface area contributed by atoms with Crippen molar-refractivity contribution in [1.82, 2.24) is 9.97 Å². The summed E-state index contributed by atoms with van der Waals surface area (Å²) in [6, 6.07) is 9.99. The summed E-state index contributed by atoms with van der Waals surface area (Å²) in [6.07, 6.45) is 4.81. The predicted octanol–water partition coefficient (Wildman–Crippen LogP) is 4.22. The van der Waals surface area contributed by atoms with Gasteiger partial charge in [0.2, 0.25) is 0 Å². The van der Waals surface area contributed by atoms with Crippen molar-refractivity contribution in [3.63, 3.8) is 0 Å². The quantitative estimate of drug-likeness (QED) is 0.916. The lowest BCUT2D eigenvalue weighted by molar-refractivity contribution is 0.693. The summed E-state index contributed by atoms with van der Waals surface area (Å²) in [7, 11) is 0. The average Bonchev–Trinajstić information content (AvgIpc) is 3.01. The number of hydrogen-bond acceptors (Lipinski definition) is 2. The van der Waals surface area contributed by atoms with Crippen LogP contribution >= 0.6 is 0 Å². The molecule has 3 heteroatoms. The molecule has 0 saturated heterocycles. The second-order valence-corrected chi connectivity index (χ2v) is 6.28. The monoisotopic (exact) mass is 282 g/mol. The number of rotatable bonds is 3. The lowest BCUT2D eigenvalue weighted by Gasteiger charge is -2.10. The second kappa shape index (κ2) is 5.84. The van der Waals surface area contributed by atoms with Gasteiger partial charge in [-0.25, -0.2) is 4.98 Å². The Balaban J connectivity index is 1.95. The Labute approximate surface area is 125 Å². The van der Waals surface area contributed by atoms with Crippen LogP contribution in [-0.4, -0.2) is 9.97 Å². The van der Waals surface area contributed by atoms with Crippen LogP contribution in [0.4, 0.5) is 0 Å². The molecule has 0 atom stereocenters. The maximum Gasteiger partial charge on any atom is 0.251 e. The largest absolute Gasteiger partial charge is 0.307 e. The number of nitrogens with one attached hydrogen (secondary N) is 1. The summed E-state index contributed by atoms with van der Waals surface area (Å²) in [4.78, 5) is 19.5. The molecule has 1 N–H and O–H groups in total. The third-order valence-electron chi connectivity index (χ3n) is 4.39. The first-order chi connectivity index (χ1) is 10.1. The second-order valence-electron chi connectivity index (χ2n) is 6.28. The number of hydrogen-bond donors (Lipinski definition) is 1. The molecule has 0 spiro atoms. The summed E-state index contributed by atoms with van der Waals surface area (Å²) in [5, 5.41) is 0. The molecule has 1 fully saturated rings. The highest BCUT2D eigenvalue weighted by molar-refractivity contribution is 5.55. The minimum absolute atomic E-state index is 0.0464. The van der Waals surface area contributed by atoms with Gasteiger partial charge in [0, 0.05) is 17.5 Å². The number of aromatic amines is 1. The molecule has 1 aliphatic carbocycles. The van der Waals surface area contributed by atoms with Crippen molar-refractivity contribution in [1.29, 1.82) is 0 Å². The number of nitrogens with zero attached hydrogens (tertiary/aromatic N) is 1. The first-order valence-corrected chi connectivity index (χ1v) is 7.85. The van der Waals surface area contributed by atoms with E-state index in [9.17, 15) is 4.79 Å². The van der Waals surface area contributed by atoms with E-state index >= 15 is 0 Å². The van der Waals surface area contributed by atoms with Crippen molar-refractivity contribution in [2.24, 2.45) is 0 Å². The minimum atomic E-state index is -0.0464. The van der Waals surface area contributed by atoms with Crippen molar-refractivity contribution in [2.45, 2.75) is 51.4 Å². The topological polar surface area (TPSA) is 45.8 Å². The summed E-state index contributed by atoms with van der Waals surface area (Å²) in [6.45, 7) is 4.35. The van der Waals surface area contributed by atoms with Gasteiger partial charge in [0.25, 0.3) is 5.56 Å². The average molecular weight is 282 g/mol. The molecule has 1 aliphatic rings. The van der Waals surface area contributed by atoms with Crippen LogP contribution in [0.25, 0.3) is 11.4 Å². The fourth-order valence-corrected chi connectivity index (χ4v) is 3.07. The standard InChI is InChI=1S/C18H22N2O/c1-12(2)13-7-9-15(10-8-13)18-19-16(11-17(21)20-18)14-5-3-4-6-14/h7-12,14H,3-6H2,1-2H3,(H,19,20,21). The van der Waals surface area contributed by atoms with Crippen LogP contribution in [0.5, 0.6) is 0 Å². The predicted molar refractivity (Wildman–Crippen MR) is 85.6 cm³/mol. The highest BCUT2D eigenvalue weighted by Gasteiger charge is 2.19. The number of H-pyrrole nitrogens is 1. The van der Waals surface area contributed by atoms with E-state index in [0.717, 1.165) is 24.1 Å². The van der Waals surface area contributed by atoms with Crippen LogP contribution in [0, 0.1) is 0 Å². The first-order valence-electron chi connectivity index (χ1n) is 7.85. The van der Waals surface area contributed by atoms with Gasteiger partial charge >= 0.3 is 0 Å². The SMILES string of the molecule is CC(C)c1ccc(-c2nc(C3CCCC3)cc(=O)[nH]2)cc1. The van der Waals surface area contributed by atoms with E-state index in [1.54, 1.807) is 6.07 Å². The van der Waals surface area contributed by atoms with Crippen molar-refractivity contribution in [3.8, 4) is 11.4 Å². The third kappa shape index (κ3) is 3.07. The molecule has 2 aromatic rings. The lowest BCUT2D eigenvalue weighted by atomic mass is 10.0. The normalized spacial score (nSPS) is 15.8. The van der Waals surface area contributed by atoms with E-state index in [-0.39, 0.29) is 5.56 Å². The Kier molecular flexibility index (Phi) is 3.91. The molecule has 0 radical (unpaired) electrons. The summed E-state index contributed by atoms with van der Waals surface area (Å²) >= 11 is 0. The van der Waals surface area contributed by atoms with Gasteiger partial charge in [-0.3, -0.25) is 4.79 Å². The smallest absolute Gasteiger partial charge is 0.251 e. The van der Waals surface area contributed by atoms with Gasteiger partial charge in [-0.15, -0.1) is 0 Å². The fraction of sp³-hybridized carbons (Fsp3) is 0.444. The zero-order chi connectivity index (χ0) is 14.8. The van der Waals surface area contributed by atoms with Gasteiger partial charge in [0.05, 0.1) is 5.69 Å². The minimum Gasteiger partial charge on any atom is -0.307 e. The fourth-order valence-electron chi connectivity index (χ4n) is 3.07. The van der Waals surface area contributed by atoms with Gasteiger partial charge in [-0.05, 0) is 24.3 Å². The Morgan fingerprint density at radius 1 is 1.14 bits per heavy atom. The lowest BCUT2D eigenvalue weighted by Crippen LogP contribution is -2.12. The van der Waals surface area contributed by atoms with Gasteiger partial charge in [-0.2, -0.15) is 0 Å². The Hall–Kier alpha value is -1.90. The summed E-state index contributed by atoms with van der Waals surface area (Å²) < 4.78 is 0. The molecule has 0 aliphatic heterocycles. The maximum atomic E-state index is 11.9. The molecule has 21 heavy (non-hydrogen) atoms. The molecule has 1 aromatic carbocycles. The maximum absolute atomic E-state index is 11.9. The van der Waals surface area contributed by atoms with Crippen molar-refractivity contribution in [2.75, 3.05) is 0 Å². The molecule has 3 rings (SSSR count). The highest BCUT2D eigenvalue weighted by Crippen LogP contribution is 2.33. The van der Waals surface area contributed by atoms with Gasteiger partial charge in [-0.1, -0.05) is 51.0 Å². The van der Waals surface area contributed by atoms with Crippen LogP contribution in [0.1, 0.15) is 62.6 Å². The van der Waals surface area contributed by atoms with E-state index in [0.29, 0.717) is 17.7 Å². The number of benzene rings is 1. The van der Waals surface area contributed by atoms with Crippen LogP contribution < -0.4 is 5.56 Å². The summed E-state index contributed by atoms with van der Waals surface area (Å²) in [5.74, 6) is 1.66. The van der Waals surface area contributed by atoms with E-state index in [4.69, 9.17) is 4.98 Å². The molecule has 1 saturated carbocycles. The Morgan fingerprint density at radius 3 is 2.43 bits per heavy atom. The van der Waals surface area contributed by atoms with Crippen molar-refractivity contribution in [3.05, 3.63) is 51.9 Å². The van der Waals surface area contributed by atoms with E-state index < -0.39 is 0 Å². The summed E-state index contributed by atoms with van der Waals surface area (Å²) in [5.41, 5.74) is 3.19. The first kappa shape index (κ1) is 14.1. The molecule has 3 nitrogen and oxygen atoms in total. The molecular weight excluding hydrogens is 260 g/mol. The van der Waals surface area contributed by atoms with E-state index in [2.05, 4.69) is 31.0 Å². The van der Waals surface area contributed by atoms with Crippen LogP contribution in [-0.2, 0) is 0 Å². The van der Waals surface area contributed by atoms with E-state index in [1.807, 2.05) is 12.1 Å². The zero-order valence-electron chi connectivity index (χ0n) is 12.7. The third-order valence-corrected chi connectivity index (χ3v) is 4.39. The van der Waals surface area contributed by atoms with Crippen LogP contribution in [0.3, 0.4) is 0 Å². The number of aromatic nitrogens is 2. The molecule has 110 valence electrons. The Morgan fingerprint density at radius 2 is 1.81 bits per heavy atom.